The summed E-state index contributed by atoms with van der Waals surface area (Å²) in [7, 11) is 0. The van der Waals surface area contributed by atoms with Crippen LogP contribution in [-0.2, 0) is 0 Å². The Balaban J connectivity index is 1.43. The van der Waals surface area contributed by atoms with Crippen LogP contribution in [0.2, 0.25) is 0 Å². The van der Waals surface area contributed by atoms with Crippen molar-refractivity contribution in [2.75, 3.05) is 44.6 Å². The quantitative estimate of drug-likeness (QED) is 0.455. The molecule has 0 unspecified atom stereocenters. The van der Waals surface area contributed by atoms with Gasteiger partial charge in [-0.05, 0) is 25.6 Å². The van der Waals surface area contributed by atoms with Crippen molar-refractivity contribution in [3.63, 3.8) is 0 Å². The summed E-state index contributed by atoms with van der Waals surface area (Å²) in [6, 6.07) is 20.3. The average Bonchev–Trinajstić information content (AvgIpc) is 3.33. The first-order valence-electron chi connectivity index (χ1n) is 11.7. The highest BCUT2D eigenvalue weighted by Crippen LogP contribution is 2.29. The number of rotatable bonds is 7. The van der Waals surface area contributed by atoms with Crippen molar-refractivity contribution in [3.8, 4) is 22.8 Å². The van der Waals surface area contributed by atoms with Crippen LogP contribution in [0.15, 0.2) is 65.1 Å². The van der Waals surface area contributed by atoms with Gasteiger partial charge in [-0.3, -0.25) is 4.90 Å². The summed E-state index contributed by atoms with van der Waals surface area (Å²) in [5.41, 5.74) is 3.03. The van der Waals surface area contributed by atoms with Gasteiger partial charge in [0.25, 0.3) is 0 Å². The first kappa shape index (κ1) is 21.6. The number of nitrogens with one attached hydrogen (secondary N) is 1. The van der Waals surface area contributed by atoms with E-state index in [0.29, 0.717) is 34.8 Å². The Morgan fingerprint density at radius 2 is 1.55 bits per heavy atom. The standard InChI is InChI=1S/C26H30N6O/c1-3-31-14-16-32(17-15-31)19(2)18-27-24-22-25(29-23(28-24)20-10-6-4-7-11-20)30-26(33-22)21-12-8-5-9-13-21/h4-13,19H,3,14-18H2,1-2H3,(H,27,28,29)/t19-/m1/s1. The van der Waals surface area contributed by atoms with Crippen LogP contribution >= 0.6 is 0 Å². The third kappa shape index (κ3) is 4.74. The maximum absolute atomic E-state index is 6.16. The number of aromatic nitrogens is 3. The third-order valence-corrected chi connectivity index (χ3v) is 6.35. The highest BCUT2D eigenvalue weighted by Gasteiger charge is 2.22. The first-order chi connectivity index (χ1) is 16.2. The molecule has 0 amide bonds. The monoisotopic (exact) mass is 442 g/mol. The molecule has 1 saturated heterocycles. The fourth-order valence-corrected chi connectivity index (χ4v) is 4.26. The number of fused-ring (bicyclic) bond motifs is 1. The number of oxazole rings is 1. The molecule has 0 spiro atoms. The zero-order valence-corrected chi connectivity index (χ0v) is 19.2. The molecule has 3 heterocycles. The van der Waals surface area contributed by atoms with E-state index in [1.165, 1.54) is 0 Å². The van der Waals surface area contributed by atoms with Crippen LogP contribution in [0.3, 0.4) is 0 Å². The number of nitrogens with zero attached hydrogens (tertiary/aromatic N) is 5. The van der Waals surface area contributed by atoms with E-state index < -0.39 is 0 Å². The fraction of sp³-hybridized carbons (Fsp3) is 0.346. The maximum Gasteiger partial charge on any atom is 0.229 e. The lowest BCUT2D eigenvalue weighted by Gasteiger charge is -2.37. The molecule has 4 aromatic rings. The molecule has 1 aliphatic rings. The molecule has 1 N–H and O–H groups in total. The van der Waals surface area contributed by atoms with Crippen molar-refractivity contribution in [2.24, 2.45) is 0 Å². The van der Waals surface area contributed by atoms with Crippen LogP contribution in [-0.4, -0.2) is 70.1 Å². The number of hydrogen-bond acceptors (Lipinski definition) is 7. The molecule has 0 radical (unpaired) electrons. The van der Waals surface area contributed by atoms with Gasteiger partial charge in [-0.15, -0.1) is 0 Å². The van der Waals surface area contributed by atoms with Crippen molar-refractivity contribution in [1.29, 1.82) is 0 Å². The second-order valence-electron chi connectivity index (χ2n) is 8.50. The van der Waals surface area contributed by atoms with Gasteiger partial charge in [0.05, 0.1) is 0 Å². The minimum absolute atomic E-state index is 0.380. The molecule has 33 heavy (non-hydrogen) atoms. The molecule has 0 bridgehead atoms. The lowest BCUT2D eigenvalue weighted by atomic mass is 10.2. The molecule has 1 fully saturated rings. The van der Waals surface area contributed by atoms with Gasteiger partial charge in [0, 0.05) is 49.9 Å². The second-order valence-corrected chi connectivity index (χ2v) is 8.50. The van der Waals surface area contributed by atoms with E-state index in [0.717, 1.165) is 50.4 Å². The lowest BCUT2D eigenvalue weighted by Crippen LogP contribution is -2.51. The Kier molecular flexibility index (Phi) is 6.32. The summed E-state index contributed by atoms with van der Waals surface area (Å²) >= 11 is 0. The topological polar surface area (TPSA) is 70.3 Å². The van der Waals surface area contributed by atoms with Gasteiger partial charge in [-0.2, -0.15) is 4.98 Å². The fourth-order valence-electron chi connectivity index (χ4n) is 4.26. The number of piperazine rings is 1. The molecule has 0 aliphatic carbocycles. The van der Waals surface area contributed by atoms with E-state index in [2.05, 4.69) is 29.0 Å². The molecule has 2 aromatic heterocycles. The molecule has 2 aromatic carbocycles. The van der Waals surface area contributed by atoms with E-state index in [1.54, 1.807) is 0 Å². The normalized spacial score (nSPS) is 16.2. The second kappa shape index (κ2) is 9.68. The third-order valence-electron chi connectivity index (χ3n) is 6.35. The smallest absolute Gasteiger partial charge is 0.229 e. The average molecular weight is 443 g/mol. The van der Waals surface area contributed by atoms with Crippen LogP contribution < -0.4 is 5.32 Å². The predicted octanol–water partition coefficient (Wildman–Crippen LogP) is 4.39. The molecule has 0 saturated carbocycles. The Morgan fingerprint density at radius 3 is 2.21 bits per heavy atom. The zero-order chi connectivity index (χ0) is 22.6. The lowest BCUT2D eigenvalue weighted by molar-refractivity contribution is 0.110. The first-order valence-corrected chi connectivity index (χ1v) is 11.7. The van der Waals surface area contributed by atoms with Gasteiger partial charge >= 0.3 is 0 Å². The minimum Gasteiger partial charge on any atom is -0.430 e. The van der Waals surface area contributed by atoms with Crippen LogP contribution in [0.25, 0.3) is 34.1 Å². The van der Waals surface area contributed by atoms with Crippen molar-refractivity contribution in [1.82, 2.24) is 24.8 Å². The minimum atomic E-state index is 0.380. The molecule has 1 atom stereocenters. The number of benzene rings is 2. The molecular weight excluding hydrogens is 412 g/mol. The molecule has 7 heteroatoms. The van der Waals surface area contributed by atoms with E-state index >= 15 is 0 Å². The van der Waals surface area contributed by atoms with E-state index in [-0.39, 0.29) is 0 Å². The van der Waals surface area contributed by atoms with E-state index in [1.807, 2.05) is 60.7 Å². The van der Waals surface area contributed by atoms with E-state index in [4.69, 9.17) is 19.4 Å². The summed E-state index contributed by atoms with van der Waals surface area (Å²) in [4.78, 5) is 19.3. The molecule has 7 nitrogen and oxygen atoms in total. The van der Waals surface area contributed by atoms with Crippen LogP contribution in [0.1, 0.15) is 13.8 Å². The molecule has 5 rings (SSSR count). The van der Waals surface area contributed by atoms with Crippen molar-refractivity contribution < 1.29 is 4.42 Å². The SMILES string of the molecule is CCN1CCN([C@H](C)CNc2nc(-c3ccccc3)nc3nc(-c4ccccc4)oc23)CC1. The van der Waals surface area contributed by atoms with Gasteiger partial charge in [0.1, 0.15) is 0 Å². The van der Waals surface area contributed by atoms with E-state index in [9.17, 15) is 0 Å². The largest absolute Gasteiger partial charge is 0.430 e. The Bertz CT molecular complexity index is 1190. The Labute approximate surface area is 194 Å². The summed E-state index contributed by atoms with van der Waals surface area (Å²) in [5.74, 6) is 1.88. The van der Waals surface area contributed by atoms with Gasteiger partial charge in [-0.1, -0.05) is 55.5 Å². The highest BCUT2D eigenvalue weighted by molar-refractivity contribution is 5.84. The van der Waals surface area contributed by atoms with Gasteiger partial charge in [0.15, 0.2) is 11.6 Å². The molecular formula is C26H30N6O. The summed E-state index contributed by atoms with van der Waals surface area (Å²) in [6.07, 6.45) is 0. The maximum atomic E-state index is 6.16. The van der Waals surface area contributed by atoms with Gasteiger partial charge < -0.3 is 14.6 Å². The summed E-state index contributed by atoms with van der Waals surface area (Å²) in [6.45, 7) is 10.8. The number of hydrogen-bond donors (Lipinski definition) is 1. The summed E-state index contributed by atoms with van der Waals surface area (Å²) < 4.78 is 6.16. The van der Waals surface area contributed by atoms with Crippen LogP contribution in [0.4, 0.5) is 5.82 Å². The Hall–Kier alpha value is -3.29. The van der Waals surface area contributed by atoms with Crippen molar-refractivity contribution in [2.45, 2.75) is 19.9 Å². The van der Waals surface area contributed by atoms with Crippen molar-refractivity contribution >= 4 is 17.0 Å². The molecule has 170 valence electrons. The van der Waals surface area contributed by atoms with Crippen LogP contribution in [0.5, 0.6) is 0 Å². The summed E-state index contributed by atoms with van der Waals surface area (Å²) in [5, 5.41) is 3.54. The number of likely N-dealkylation sites (N-methyl/N-ethyl adjacent to an activating group) is 1. The van der Waals surface area contributed by atoms with Gasteiger partial charge in [-0.25, -0.2) is 9.97 Å². The number of anilines is 1. The predicted molar refractivity (Wildman–Crippen MR) is 132 cm³/mol. The Morgan fingerprint density at radius 1 is 0.879 bits per heavy atom. The highest BCUT2D eigenvalue weighted by atomic mass is 16.3. The van der Waals surface area contributed by atoms with Crippen molar-refractivity contribution in [3.05, 3.63) is 60.7 Å². The van der Waals surface area contributed by atoms with Crippen LogP contribution in [0, 0.1) is 0 Å². The zero-order valence-electron chi connectivity index (χ0n) is 19.2. The van der Waals surface area contributed by atoms with Gasteiger partial charge in [0.2, 0.25) is 17.1 Å². The molecule has 1 aliphatic heterocycles.